The van der Waals surface area contributed by atoms with Crippen LogP contribution < -0.4 is 10.1 Å². The number of aromatic nitrogens is 2. The third-order valence-electron chi connectivity index (χ3n) is 2.05. The van der Waals surface area contributed by atoms with Gasteiger partial charge in [0.2, 0.25) is 0 Å². The van der Waals surface area contributed by atoms with E-state index in [4.69, 9.17) is 4.74 Å². The molecule has 1 aromatic carbocycles. The number of hydrogen-bond donors (Lipinski definition) is 1. The number of likely N-dealkylation sites (N-methyl/N-ethyl adjacent to an activating group) is 1. The van der Waals surface area contributed by atoms with Crippen LogP contribution in [-0.2, 0) is 0 Å². The van der Waals surface area contributed by atoms with Crippen molar-refractivity contribution in [3.8, 4) is 6.01 Å². The van der Waals surface area contributed by atoms with Gasteiger partial charge in [0.15, 0.2) is 0 Å². The summed E-state index contributed by atoms with van der Waals surface area (Å²) in [6, 6.07) is 8.28. The van der Waals surface area contributed by atoms with Crippen LogP contribution in [0.25, 0.3) is 10.9 Å². The van der Waals surface area contributed by atoms with Crippen LogP contribution in [0, 0.1) is 0 Å². The second kappa shape index (κ2) is 4.70. The first-order valence-corrected chi connectivity index (χ1v) is 4.89. The summed E-state index contributed by atoms with van der Waals surface area (Å²) in [6.07, 6.45) is 1.77. The molecule has 2 aromatic rings. The highest BCUT2D eigenvalue weighted by molar-refractivity contribution is 5.77. The van der Waals surface area contributed by atoms with Crippen molar-refractivity contribution in [2.24, 2.45) is 0 Å². The van der Waals surface area contributed by atoms with Crippen LogP contribution in [0.15, 0.2) is 30.5 Å². The van der Waals surface area contributed by atoms with E-state index < -0.39 is 0 Å². The Balaban J connectivity index is 2.16. The van der Waals surface area contributed by atoms with Gasteiger partial charge in [0.25, 0.3) is 0 Å². The van der Waals surface area contributed by atoms with E-state index in [-0.39, 0.29) is 0 Å². The topological polar surface area (TPSA) is 47.0 Å². The zero-order chi connectivity index (χ0) is 10.5. The van der Waals surface area contributed by atoms with Crippen LogP contribution >= 0.6 is 0 Å². The lowest BCUT2D eigenvalue weighted by atomic mass is 10.2. The number of rotatable bonds is 4. The van der Waals surface area contributed by atoms with E-state index >= 15 is 0 Å². The van der Waals surface area contributed by atoms with Gasteiger partial charge >= 0.3 is 6.01 Å². The lowest BCUT2D eigenvalue weighted by molar-refractivity contribution is 0.295. The molecule has 15 heavy (non-hydrogen) atoms. The number of fused-ring (bicyclic) bond motifs is 1. The molecule has 0 aliphatic carbocycles. The fourth-order valence-corrected chi connectivity index (χ4v) is 1.27. The van der Waals surface area contributed by atoms with E-state index in [1.807, 2.05) is 31.3 Å². The minimum absolute atomic E-state index is 0.434. The number of para-hydroxylation sites is 1. The molecular formula is C11H13N3O. The maximum atomic E-state index is 5.37. The highest BCUT2D eigenvalue weighted by Gasteiger charge is 1.99. The van der Waals surface area contributed by atoms with Crippen molar-refractivity contribution < 1.29 is 4.74 Å². The summed E-state index contributed by atoms with van der Waals surface area (Å²) in [5, 5.41) is 4.02. The second-order valence-corrected chi connectivity index (χ2v) is 3.16. The molecule has 0 spiro atoms. The Hall–Kier alpha value is -1.68. The minimum atomic E-state index is 0.434. The van der Waals surface area contributed by atoms with Crippen LogP contribution in [-0.4, -0.2) is 30.2 Å². The van der Waals surface area contributed by atoms with Crippen molar-refractivity contribution in [2.45, 2.75) is 0 Å². The first-order chi connectivity index (χ1) is 7.40. The Kier molecular flexibility index (Phi) is 3.09. The lowest BCUT2D eigenvalue weighted by Gasteiger charge is -2.04. The predicted octanol–water partition coefficient (Wildman–Crippen LogP) is 1.23. The summed E-state index contributed by atoms with van der Waals surface area (Å²) in [5.41, 5.74) is 0.909. The van der Waals surface area contributed by atoms with Crippen molar-refractivity contribution in [1.82, 2.24) is 15.3 Å². The fraction of sp³-hybridized carbons (Fsp3) is 0.273. The Bertz CT molecular complexity index is 445. The van der Waals surface area contributed by atoms with E-state index in [1.54, 1.807) is 6.20 Å². The molecule has 0 saturated carbocycles. The van der Waals surface area contributed by atoms with Crippen molar-refractivity contribution in [2.75, 3.05) is 20.2 Å². The maximum absolute atomic E-state index is 5.37. The summed E-state index contributed by atoms with van der Waals surface area (Å²) in [7, 11) is 1.88. The number of nitrogens with one attached hydrogen (secondary N) is 1. The summed E-state index contributed by atoms with van der Waals surface area (Å²) < 4.78 is 5.37. The van der Waals surface area contributed by atoms with E-state index in [2.05, 4.69) is 15.3 Å². The Morgan fingerprint density at radius 2 is 2.20 bits per heavy atom. The predicted molar refractivity (Wildman–Crippen MR) is 59.0 cm³/mol. The molecule has 0 bridgehead atoms. The van der Waals surface area contributed by atoms with Gasteiger partial charge in [-0.15, -0.1) is 0 Å². The van der Waals surface area contributed by atoms with E-state index in [0.29, 0.717) is 12.6 Å². The second-order valence-electron chi connectivity index (χ2n) is 3.16. The Morgan fingerprint density at radius 1 is 1.33 bits per heavy atom. The third kappa shape index (κ3) is 2.41. The van der Waals surface area contributed by atoms with Gasteiger partial charge in [-0.25, -0.2) is 4.98 Å². The van der Waals surface area contributed by atoms with Gasteiger partial charge in [0.1, 0.15) is 6.61 Å². The maximum Gasteiger partial charge on any atom is 0.316 e. The van der Waals surface area contributed by atoms with E-state index in [0.717, 1.165) is 17.4 Å². The Labute approximate surface area is 88.3 Å². The van der Waals surface area contributed by atoms with Crippen LogP contribution in [0.2, 0.25) is 0 Å². The molecule has 0 radical (unpaired) electrons. The summed E-state index contributed by atoms with van der Waals surface area (Å²) in [5.74, 6) is 0. The normalized spacial score (nSPS) is 10.5. The molecule has 1 N–H and O–H groups in total. The summed E-state index contributed by atoms with van der Waals surface area (Å²) >= 11 is 0. The number of benzene rings is 1. The molecular weight excluding hydrogens is 190 g/mol. The highest BCUT2D eigenvalue weighted by Crippen LogP contribution is 2.12. The number of ether oxygens (including phenoxy) is 1. The molecule has 1 aromatic heterocycles. The highest BCUT2D eigenvalue weighted by atomic mass is 16.5. The van der Waals surface area contributed by atoms with Crippen molar-refractivity contribution in [3.05, 3.63) is 30.5 Å². The van der Waals surface area contributed by atoms with E-state index in [9.17, 15) is 0 Å². The minimum Gasteiger partial charge on any atom is -0.462 e. The molecule has 4 nitrogen and oxygen atoms in total. The van der Waals surface area contributed by atoms with Gasteiger partial charge in [-0.2, -0.15) is 4.98 Å². The summed E-state index contributed by atoms with van der Waals surface area (Å²) in [6.45, 7) is 1.37. The fourth-order valence-electron chi connectivity index (χ4n) is 1.27. The van der Waals surface area contributed by atoms with Gasteiger partial charge in [-0.3, -0.25) is 0 Å². The quantitative estimate of drug-likeness (QED) is 0.759. The van der Waals surface area contributed by atoms with Crippen LogP contribution in [0.5, 0.6) is 6.01 Å². The molecule has 0 atom stereocenters. The molecule has 0 aliphatic rings. The zero-order valence-corrected chi connectivity index (χ0v) is 8.60. The van der Waals surface area contributed by atoms with Crippen molar-refractivity contribution in [1.29, 1.82) is 0 Å². The van der Waals surface area contributed by atoms with Gasteiger partial charge in [0, 0.05) is 18.1 Å². The van der Waals surface area contributed by atoms with Crippen molar-refractivity contribution in [3.63, 3.8) is 0 Å². The average molecular weight is 203 g/mol. The molecule has 2 rings (SSSR count). The number of hydrogen-bond acceptors (Lipinski definition) is 4. The standard InChI is InChI=1S/C11H13N3O/c1-12-6-7-15-11-13-8-9-4-2-3-5-10(9)14-11/h2-5,8,12H,6-7H2,1H3. The molecule has 1 heterocycles. The smallest absolute Gasteiger partial charge is 0.316 e. The first kappa shape index (κ1) is 9.86. The number of nitrogens with zero attached hydrogens (tertiary/aromatic N) is 2. The molecule has 4 heteroatoms. The Morgan fingerprint density at radius 3 is 3.07 bits per heavy atom. The van der Waals surface area contributed by atoms with Gasteiger partial charge in [-0.1, -0.05) is 18.2 Å². The van der Waals surface area contributed by atoms with Crippen LogP contribution in [0.3, 0.4) is 0 Å². The average Bonchev–Trinajstić information content (AvgIpc) is 2.29. The molecule has 0 amide bonds. The van der Waals surface area contributed by atoms with Gasteiger partial charge in [-0.05, 0) is 13.1 Å². The molecule has 78 valence electrons. The van der Waals surface area contributed by atoms with Crippen molar-refractivity contribution >= 4 is 10.9 Å². The first-order valence-electron chi connectivity index (χ1n) is 4.89. The summed E-state index contributed by atoms with van der Waals surface area (Å²) in [4.78, 5) is 8.40. The largest absolute Gasteiger partial charge is 0.462 e. The van der Waals surface area contributed by atoms with E-state index in [1.165, 1.54) is 0 Å². The van der Waals surface area contributed by atoms with Gasteiger partial charge in [0.05, 0.1) is 5.52 Å². The zero-order valence-electron chi connectivity index (χ0n) is 8.60. The van der Waals surface area contributed by atoms with Crippen LogP contribution in [0.4, 0.5) is 0 Å². The van der Waals surface area contributed by atoms with Crippen LogP contribution in [0.1, 0.15) is 0 Å². The van der Waals surface area contributed by atoms with Gasteiger partial charge < -0.3 is 10.1 Å². The SMILES string of the molecule is CNCCOc1ncc2ccccc2n1. The molecule has 0 fully saturated rings. The monoisotopic (exact) mass is 203 g/mol. The third-order valence-corrected chi connectivity index (χ3v) is 2.05. The molecule has 0 aliphatic heterocycles. The molecule has 0 saturated heterocycles. The lowest BCUT2D eigenvalue weighted by Crippen LogP contribution is -2.16. The molecule has 0 unspecified atom stereocenters.